The fraction of sp³-hybridized carbons (Fsp3) is 0.300. The SMILES string of the molecule is CN(CCN)C1=NS(=O)(=O)c2ccccc21. The van der Waals surface area contributed by atoms with Crippen molar-refractivity contribution in [2.75, 3.05) is 20.1 Å². The van der Waals surface area contributed by atoms with Crippen LogP contribution in [0, 0.1) is 0 Å². The van der Waals surface area contributed by atoms with Crippen molar-refractivity contribution in [1.82, 2.24) is 4.90 Å². The molecule has 2 N–H and O–H groups in total. The monoisotopic (exact) mass is 239 g/mol. The van der Waals surface area contributed by atoms with Gasteiger partial charge in [0.2, 0.25) is 0 Å². The highest BCUT2D eigenvalue weighted by Crippen LogP contribution is 2.26. The van der Waals surface area contributed by atoms with Crippen molar-refractivity contribution >= 4 is 15.9 Å². The average Bonchev–Trinajstić information content (AvgIpc) is 2.52. The van der Waals surface area contributed by atoms with Crippen molar-refractivity contribution in [2.45, 2.75) is 4.90 Å². The van der Waals surface area contributed by atoms with Crippen molar-refractivity contribution < 1.29 is 8.42 Å². The predicted molar refractivity (Wildman–Crippen MR) is 61.8 cm³/mol. The van der Waals surface area contributed by atoms with Crippen LogP contribution in [0.3, 0.4) is 0 Å². The number of nitrogens with zero attached hydrogens (tertiary/aromatic N) is 2. The second-order valence-corrected chi connectivity index (χ2v) is 5.17. The second-order valence-electron chi connectivity index (χ2n) is 3.60. The van der Waals surface area contributed by atoms with Crippen molar-refractivity contribution in [3.05, 3.63) is 29.8 Å². The first-order chi connectivity index (χ1) is 7.56. The van der Waals surface area contributed by atoms with Crippen LogP contribution in [0.1, 0.15) is 5.56 Å². The van der Waals surface area contributed by atoms with E-state index in [9.17, 15) is 8.42 Å². The number of nitrogens with two attached hydrogens (primary N) is 1. The Morgan fingerprint density at radius 2 is 2.06 bits per heavy atom. The minimum absolute atomic E-state index is 0.272. The number of hydrogen-bond acceptors (Lipinski definition) is 4. The van der Waals surface area contributed by atoms with E-state index in [-0.39, 0.29) is 4.90 Å². The predicted octanol–water partition coefficient (Wildman–Crippen LogP) is 0.0260. The Hall–Kier alpha value is -1.40. The molecular weight excluding hydrogens is 226 g/mol. The van der Waals surface area contributed by atoms with Gasteiger partial charge in [-0.1, -0.05) is 12.1 Å². The molecule has 0 saturated heterocycles. The zero-order chi connectivity index (χ0) is 11.8. The van der Waals surface area contributed by atoms with Crippen molar-refractivity contribution in [3.8, 4) is 0 Å². The summed E-state index contributed by atoms with van der Waals surface area (Å²) >= 11 is 0. The van der Waals surface area contributed by atoms with Crippen molar-refractivity contribution in [2.24, 2.45) is 10.1 Å². The van der Waals surface area contributed by atoms with Gasteiger partial charge >= 0.3 is 0 Å². The summed E-state index contributed by atoms with van der Waals surface area (Å²) in [4.78, 5) is 2.03. The number of likely N-dealkylation sites (N-methyl/N-ethyl adjacent to an activating group) is 1. The maximum atomic E-state index is 11.7. The maximum Gasteiger partial charge on any atom is 0.285 e. The second kappa shape index (κ2) is 3.88. The van der Waals surface area contributed by atoms with Crippen LogP contribution in [0.15, 0.2) is 33.6 Å². The number of hydrogen-bond donors (Lipinski definition) is 1. The minimum atomic E-state index is -3.51. The number of amidine groups is 1. The lowest BCUT2D eigenvalue weighted by molar-refractivity contribution is 0.517. The van der Waals surface area contributed by atoms with Gasteiger partial charge in [0.05, 0.1) is 0 Å². The Labute approximate surface area is 94.6 Å². The molecule has 0 fully saturated rings. The number of fused-ring (bicyclic) bond motifs is 1. The third-order valence-corrected chi connectivity index (χ3v) is 3.76. The molecule has 6 heteroatoms. The van der Waals surface area contributed by atoms with Crippen molar-refractivity contribution in [3.63, 3.8) is 0 Å². The van der Waals surface area contributed by atoms with E-state index in [1.807, 2.05) is 0 Å². The molecule has 1 heterocycles. The van der Waals surface area contributed by atoms with Gasteiger partial charge in [-0.25, -0.2) is 0 Å². The van der Waals surface area contributed by atoms with Crippen molar-refractivity contribution in [1.29, 1.82) is 0 Å². The summed E-state index contributed by atoms with van der Waals surface area (Å²) in [6.07, 6.45) is 0. The molecule has 2 rings (SSSR count). The van der Waals surface area contributed by atoms with Crippen LogP contribution in [-0.4, -0.2) is 39.3 Å². The number of sulfonamides is 1. The first kappa shape index (κ1) is 11.1. The standard InChI is InChI=1S/C10H13N3O2S/c1-13(7-6-11)10-8-4-2-3-5-9(8)16(14,15)12-10/h2-5H,6-7,11H2,1H3. The van der Waals surface area contributed by atoms with Gasteiger partial charge in [0, 0.05) is 25.7 Å². The molecule has 0 amide bonds. The summed E-state index contributed by atoms with van der Waals surface area (Å²) in [5.41, 5.74) is 6.09. The van der Waals surface area contributed by atoms with Gasteiger partial charge in [-0.2, -0.15) is 8.42 Å². The van der Waals surface area contributed by atoms with E-state index in [1.165, 1.54) is 0 Å². The van der Waals surface area contributed by atoms with Gasteiger partial charge in [-0.15, -0.1) is 4.40 Å². The molecule has 1 aliphatic rings. The molecule has 0 unspecified atom stereocenters. The molecule has 0 aromatic heterocycles. The third-order valence-electron chi connectivity index (χ3n) is 2.44. The molecule has 0 spiro atoms. The molecule has 1 aromatic rings. The van der Waals surface area contributed by atoms with E-state index >= 15 is 0 Å². The smallest absolute Gasteiger partial charge is 0.285 e. The zero-order valence-electron chi connectivity index (χ0n) is 8.92. The topological polar surface area (TPSA) is 75.8 Å². The van der Waals surface area contributed by atoms with E-state index in [2.05, 4.69) is 4.40 Å². The first-order valence-electron chi connectivity index (χ1n) is 4.92. The lowest BCUT2D eigenvalue weighted by Crippen LogP contribution is -2.31. The molecule has 0 saturated carbocycles. The van der Waals surface area contributed by atoms with Crippen LogP contribution in [0.4, 0.5) is 0 Å². The van der Waals surface area contributed by atoms with Crippen LogP contribution in [0.2, 0.25) is 0 Å². The lowest BCUT2D eigenvalue weighted by Gasteiger charge is -2.17. The largest absolute Gasteiger partial charge is 0.357 e. The molecule has 0 aliphatic carbocycles. The highest BCUT2D eigenvalue weighted by atomic mass is 32.2. The Bertz CT molecular complexity index is 537. The van der Waals surface area contributed by atoms with E-state index in [0.29, 0.717) is 24.5 Å². The Balaban J connectivity index is 2.51. The average molecular weight is 239 g/mol. The highest BCUT2D eigenvalue weighted by molar-refractivity contribution is 7.90. The minimum Gasteiger partial charge on any atom is -0.357 e. The van der Waals surface area contributed by atoms with E-state index in [0.717, 1.165) is 0 Å². The zero-order valence-corrected chi connectivity index (χ0v) is 9.74. The fourth-order valence-corrected chi connectivity index (χ4v) is 2.91. The normalized spacial score (nSPS) is 16.8. The summed E-state index contributed by atoms with van der Waals surface area (Å²) in [7, 11) is -1.73. The summed E-state index contributed by atoms with van der Waals surface area (Å²) < 4.78 is 27.2. The molecular formula is C10H13N3O2S. The van der Waals surface area contributed by atoms with E-state index in [4.69, 9.17) is 5.73 Å². The van der Waals surface area contributed by atoms with Crippen LogP contribution in [0.25, 0.3) is 0 Å². The summed E-state index contributed by atoms with van der Waals surface area (Å²) in [6, 6.07) is 6.81. The van der Waals surface area contributed by atoms with Gasteiger partial charge in [0.1, 0.15) is 4.90 Å². The van der Waals surface area contributed by atoms with Crippen LogP contribution >= 0.6 is 0 Å². The number of benzene rings is 1. The summed E-state index contributed by atoms with van der Waals surface area (Å²) in [5, 5.41) is 0. The van der Waals surface area contributed by atoms with Gasteiger partial charge in [-0.05, 0) is 12.1 Å². The first-order valence-corrected chi connectivity index (χ1v) is 6.36. The highest BCUT2D eigenvalue weighted by Gasteiger charge is 2.29. The maximum absolute atomic E-state index is 11.7. The van der Waals surface area contributed by atoms with Gasteiger partial charge < -0.3 is 10.6 Å². The molecule has 86 valence electrons. The molecule has 1 aromatic carbocycles. The molecule has 16 heavy (non-hydrogen) atoms. The fourth-order valence-electron chi connectivity index (χ4n) is 1.66. The molecule has 0 radical (unpaired) electrons. The summed E-state index contributed by atoms with van der Waals surface area (Å²) in [6.45, 7) is 1.03. The van der Waals surface area contributed by atoms with Crippen LogP contribution < -0.4 is 5.73 Å². The molecule has 0 atom stereocenters. The van der Waals surface area contributed by atoms with Crippen LogP contribution in [0.5, 0.6) is 0 Å². The summed E-state index contributed by atoms with van der Waals surface area (Å²) in [5.74, 6) is 0.473. The van der Waals surface area contributed by atoms with E-state index in [1.54, 1.807) is 36.2 Å². The quantitative estimate of drug-likeness (QED) is 0.789. The van der Waals surface area contributed by atoms with Gasteiger partial charge in [0.25, 0.3) is 10.0 Å². The molecule has 0 bridgehead atoms. The molecule has 1 aliphatic heterocycles. The van der Waals surface area contributed by atoms with E-state index < -0.39 is 10.0 Å². The van der Waals surface area contributed by atoms with Gasteiger partial charge in [0.15, 0.2) is 5.84 Å². The number of rotatable bonds is 2. The lowest BCUT2D eigenvalue weighted by atomic mass is 10.2. The third kappa shape index (κ3) is 1.70. The Morgan fingerprint density at radius 3 is 2.75 bits per heavy atom. The Morgan fingerprint density at radius 1 is 1.38 bits per heavy atom. The van der Waals surface area contributed by atoms with Crippen LogP contribution in [-0.2, 0) is 10.0 Å². The Kier molecular flexibility index (Phi) is 2.69. The molecule has 5 nitrogen and oxygen atoms in total. The van der Waals surface area contributed by atoms with Gasteiger partial charge in [-0.3, -0.25) is 0 Å².